The summed E-state index contributed by atoms with van der Waals surface area (Å²) in [5.74, 6) is 0.291. The third kappa shape index (κ3) is 3.65. The molecule has 0 aliphatic heterocycles. The van der Waals surface area contributed by atoms with Crippen molar-refractivity contribution in [3.63, 3.8) is 0 Å². The van der Waals surface area contributed by atoms with Gasteiger partial charge < -0.3 is 0 Å². The number of rotatable bonds is 6. The van der Waals surface area contributed by atoms with Crippen LogP contribution >= 0.6 is 0 Å². The summed E-state index contributed by atoms with van der Waals surface area (Å²) in [4.78, 5) is 14.2. The van der Waals surface area contributed by atoms with Crippen LogP contribution in [-0.2, 0) is 11.2 Å². The van der Waals surface area contributed by atoms with E-state index >= 15 is 0 Å². The zero-order chi connectivity index (χ0) is 13.7. The topological polar surface area (TPSA) is 20.3 Å². The number of benzene rings is 2. The van der Waals surface area contributed by atoms with Gasteiger partial charge in [-0.1, -0.05) is 56.3 Å². The van der Waals surface area contributed by atoms with Gasteiger partial charge in [0.1, 0.15) is 0 Å². The van der Waals surface area contributed by atoms with Gasteiger partial charge in [0.05, 0.1) is 6.54 Å². The molecule has 2 aromatic carbocycles. The molecule has 0 aromatic heterocycles. The molecule has 2 rings (SSSR count). The van der Waals surface area contributed by atoms with Crippen molar-refractivity contribution in [3.8, 4) is 0 Å². The van der Waals surface area contributed by atoms with Gasteiger partial charge in [0.2, 0.25) is 0 Å². The van der Waals surface area contributed by atoms with E-state index in [9.17, 15) is 4.79 Å². The molecule has 0 bridgehead atoms. The number of Topliss-reactive ketones (excluding diaryl/α,β-unsaturated/α-hetero) is 1. The first-order valence-corrected chi connectivity index (χ1v) is 6.94. The number of carbonyl (C=O) groups excluding carboxylic acids is 1. The van der Waals surface area contributed by atoms with Gasteiger partial charge in [0, 0.05) is 6.42 Å². The van der Waals surface area contributed by atoms with Crippen LogP contribution in [0.2, 0.25) is 0 Å². The second kappa shape index (κ2) is 6.48. The summed E-state index contributed by atoms with van der Waals surface area (Å²) in [7, 11) is 0. The smallest absolute Gasteiger partial charge is 0.151 e. The number of likely N-dealkylation sites (N-methyl/N-ethyl adjacent to an activating group) is 1. The molecule has 0 unspecified atom stereocenters. The maximum atomic E-state index is 12.0. The van der Waals surface area contributed by atoms with Gasteiger partial charge >= 0.3 is 0 Å². The third-order valence-corrected chi connectivity index (χ3v) is 3.51. The van der Waals surface area contributed by atoms with Crippen molar-refractivity contribution in [2.75, 3.05) is 19.6 Å². The van der Waals surface area contributed by atoms with Crippen LogP contribution < -0.4 is 0 Å². The van der Waals surface area contributed by atoms with Crippen molar-refractivity contribution in [1.82, 2.24) is 4.90 Å². The predicted octanol–water partition coefficient (Wildman–Crippen LogP) is 3.29. The Hall–Kier alpha value is -1.67. The van der Waals surface area contributed by atoms with Gasteiger partial charge in [-0.05, 0) is 29.4 Å². The fourth-order valence-corrected chi connectivity index (χ4v) is 2.33. The lowest BCUT2D eigenvalue weighted by molar-refractivity contribution is -0.119. The highest BCUT2D eigenvalue weighted by atomic mass is 16.1. The minimum Gasteiger partial charge on any atom is -0.298 e. The normalized spacial score (nSPS) is 11.1. The Kier molecular flexibility index (Phi) is 4.69. The molecule has 2 heteroatoms. The van der Waals surface area contributed by atoms with E-state index in [1.807, 2.05) is 12.1 Å². The van der Waals surface area contributed by atoms with Crippen LogP contribution in [0.3, 0.4) is 0 Å². The summed E-state index contributed by atoms with van der Waals surface area (Å²) in [6.07, 6.45) is 0.529. The summed E-state index contributed by atoms with van der Waals surface area (Å²) < 4.78 is 0. The van der Waals surface area contributed by atoms with Crippen LogP contribution in [-0.4, -0.2) is 30.3 Å². The average molecular weight is 255 g/mol. The van der Waals surface area contributed by atoms with Gasteiger partial charge in [-0.3, -0.25) is 9.69 Å². The third-order valence-electron chi connectivity index (χ3n) is 3.51. The number of carbonyl (C=O) groups is 1. The SMILES string of the molecule is CCN(CC)CC(=O)Cc1ccc2ccccc2c1. The largest absolute Gasteiger partial charge is 0.298 e. The van der Waals surface area contributed by atoms with Crippen molar-refractivity contribution in [2.45, 2.75) is 20.3 Å². The summed E-state index contributed by atoms with van der Waals surface area (Å²) in [5, 5.41) is 2.43. The van der Waals surface area contributed by atoms with Crippen molar-refractivity contribution in [1.29, 1.82) is 0 Å². The van der Waals surface area contributed by atoms with Gasteiger partial charge in [-0.15, -0.1) is 0 Å². The zero-order valence-corrected chi connectivity index (χ0v) is 11.7. The van der Waals surface area contributed by atoms with Crippen LogP contribution in [0.4, 0.5) is 0 Å². The molecule has 0 heterocycles. The first-order chi connectivity index (χ1) is 9.22. The minimum absolute atomic E-state index is 0.291. The second-order valence-electron chi connectivity index (χ2n) is 4.86. The average Bonchev–Trinajstić information content (AvgIpc) is 2.44. The fraction of sp³-hybridized carbons (Fsp3) is 0.353. The van der Waals surface area contributed by atoms with Crippen LogP contribution in [0.5, 0.6) is 0 Å². The summed E-state index contributed by atoms with van der Waals surface area (Å²) >= 11 is 0. The number of hydrogen-bond donors (Lipinski definition) is 0. The highest BCUT2D eigenvalue weighted by molar-refractivity contribution is 5.86. The van der Waals surface area contributed by atoms with E-state index in [4.69, 9.17) is 0 Å². The van der Waals surface area contributed by atoms with Crippen molar-refractivity contribution >= 4 is 16.6 Å². The number of nitrogens with zero attached hydrogens (tertiary/aromatic N) is 1. The Morgan fingerprint density at radius 3 is 2.37 bits per heavy atom. The summed E-state index contributed by atoms with van der Waals surface area (Å²) in [5.41, 5.74) is 1.11. The monoisotopic (exact) mass is 255 g/mol. The number of hydrogen-bond acceptors (Lipinski definition) is 2. The van der Waals surface area contributed by atoms with E-state index in [1.54, 1.807) is 0 Å². The predicted molar refractivity (Wildman–Crippen MR) is 80.4 cm³/mol. The molecule has 100 valence electrons. The van der Waals surface area contributed by atoms with Gasteiger partial charge in [0.15, 0.2) is 5.78 Å². The molecular formula is C17H21NO. The summed E-state index contributed by atoms with van der Waals surface area (Å²) in [6, 6.07) is 14.5. The molecule has 0 amide bonds. The number of fused-ring (bicyclic) bond motifs is 1. The van der Waals surface area contributed by atoms with Gasteiger partial charge in [-0.25, -0.2) is 0 Å². The van der Waals surface area contributed by atoms with E-state index in [0.29, 0.717) is 18.7 Å². The Morgan fingerprint density at radius 2 is 1.68 bits per heavy atom. The molecule has 19 heavy (non-hydrogen) atoms. The van der Waals surface area contributed by atoms with E-state index in [-0.39, 0.29) is 0 Å². The van der Waals surface area contributed by atoms with Crippen molar-refractivity contribution in [3.05, 3.63) is 48.0 Å². The van der Waals surface area contributed by atoms with Gasteiger partial charge in [0.25, 0.3) is 0 Å². The maximum Gasteiger partial charge on any atom is 0.151 e. The Balaban J connectivity index is 2.06. The molecule has 0 aliphatic carbocycles. The first-order valence-electron chi connectivity index (χ1n) is 6.94. The van der Waals surface area contributed by atoms with Crippen molar-refractivity contribution < 1.29 is 4.79 Å². The first kappa shape index (κ1) is 13.8. The quantitative estimate of drug-likeness (QED) is 0.789. The Bertz CT molecular complexity index is 558. The molecule has 2 aromatic rings. The van der Waals surface area contributed by atoms with Crippen LogP contribution in [0.15, 0.2) is 42.5 Å². The van der Waals surface area contributed by atoms with E-state index < -0.39 is 0 Å². The van der Waals surface area contributed by atoms with E-state index in [1.165, 1.54) is 10.8 Å². The highest BCUT2D eigenvalue weighted by Gasteiger charge is 2.08. The van der Waals surface area contributed by atoms with E-state index in [0.717, 1.165) is 18.7 Å². The molecule has 0 atom stereocenters. The lowest BCUT2D eigenvalue weighted by Gasteiger charge is -2.16. The second-order valence-corrected chi connectivity index (χ2v) is 4.86. The molecule has 0 saturated carbocycles. The highest BCUT2D eigenvalue weighted by Crippen LogP contribution is 2.16. The molecule has 0 radical (unpaired) electrons. The van der Waals surface area contributed by atoms with Crippen LogP contribution in [0, 0.1) is 0 Å². The van der Waals surface area contributed by atoms with Crippen LogP contribution in [0.1, 0.15) is 19.4 Å². The molecule has 0 saturated heterocycles. The fourth-order valence-electron chi connectivity index (χ4n) is 2.33. The molecule has 0 aliphatic rings. The van der Waals surface area contributed by atoms with Gasteiger partial charge in [-0.2, -0.15) is 0 Å². The lowest BCUT2D eigenvalue weighted by Crippen LogP contribution is -2.30. The Morgan fingerprint density at radius 1 is 1.00 bits per heavy atom. The standard InChI is InChI=1S/C17H21NO/c1-3-18(4-2)13-17(19)12-14-9-10-15-7-5-6-8-16(15)11-14/h5-11H,3-4,12-13H2,1-2H3. The molecular weight excluding hydrogens is 234 g/mol. The molecule has 0 N–H and O–H groups in total. The lowest BCUT2D eigenvalue weighted by atomic mass is 10.0. The van der Waals surface area contributed by atoms with E-state index in [2.05, 4.69) is 49.1 Å². The Labute approximate surface area is 115 Å². The zero-order valence-electron chi connectivity index (χ0n) is 11.7. The molecule has 2 nitrogen and oxygen atoms in total. The molecule has 0 fully saturated rings. The number of ketones is 1. The van der Waals surface area contributed by atoms with Crippen LogP contribution in [0.25, 0.3) is 10.8 Å². The molecule has 0 spiro atoms. The van der Waals surface area contributed by atoms with Crippen molar-refractivity contribution in [2.24, 2.45) is 0 Å². The summed E-state index contributed by atoms with van der Waals surface area (Å²) in [6.45, 7) is 6.60. The maximum absolute atomic E-state index is 12.0. The minimum atomic E-state index is 0.291.